The van der Waals surface area contributed by atoms with Gasteiger partial charge < -0.3 is 15.6 Å². The number of nitriles is 1. The summed E-state index contributed by atoms with van der Waals surface area (Å²) >= 11 is 1.25. The van der Waals surface area contributed by atoms with Crippen molar-refractivity contribution in [2.45, 2.75) is 33.7 Å². The maximum atomic E-state index is 12.7. The van der Waals surface area contributed by atoms with Gasteiger partial charge in [0.05, 0.1) is 33.3 Å². The van der Waals surface area contributed by atoms with E-state index < -0.39 is 0 Å². The maximum Gasteiger partial charge on any atom is 0.262 e. The number of amides is 2. The minimum atomic E-state index is -0.310. The Morgan fingerprint density at radius 3 is 2.76 bits per heavy atom. The van der Waals surface area contributed by atoms with Crippen LogP contribution in [0.15, 0.2) is 24.5 Å². The van der Waals surface area contributed by atoms with Gasteiger partial charge in [0.2, 0.25) is 0 Å². The Morgan fingerprint density at radius 2 is 2.07 bits per heavy atom. The molecule has 0 aliphatic heterocycles. The average molecular weight is 411 g/mol. The lowest BCUT2D eigenvalue weighted by atomic mass is 9.88. The third-order valence-corrected chi connectivity index (χ3v) is 5.79. The molecule has 0 aromatic carbocycles. The van der Waals surface area contributed by atoms with Crippen molar-refractivity contribution in [1.82, 2.24) is 25.6 Å². The number of nitrogens with one attached hydrogen (secondary N) is 3. The molecule has 3 N–H and O–H groups in total. The van der Waals surface area contributed by atoms with Crippen LogP contribution in [0.25, 0.3) is 21.7 Å². The van der Waals surface area contributed by atoms with Crippen molar-refractivity contribution in [3.8, 4) is 16.6 Å². The SMILES string of the molecule is CC(NC(=O)c1c[nH]c2ncc(-c3ccc(C(=O)NCC#N)s3)nc12)C(C)(C)C. The number of fused-ring (bicyclic) bond motifs is 1. The normalized spacial score (nSPS) is 12.4. The number of rotatable bonds is 5. The number of carbonyl (C=O) groups excluding carboxylic acids is 2. The van der Waals surface area contributed by atoms with E-state index in [9.17, 15) is 9.59 Å². The van der Waals surface area contributed by atoms with Crippen LogP contribution in [0.3, 0.4) is 0 Å². The van der Waals surface area contributed by atoms with Gasteiger partial charge in [0.1, 0.15) is 12.1 Å². The molecule has 1 atom stereocenters. The summed E-state index contributed by atoms with van der Waals surface area (Å²) in [4.78, 5) is 37.9. The lowest BCUT2D eigenvalue weighted by molar-refractivity contribution is 0.0910. The Bertz CT molecular complexity index is 1100. The summed E-state index contributed by atoms with van der Waals surface area (Å²) in [7, 11) is 0. The van der Waals surface area contributed by atoms with Gasteiger partial charge in [-0.15, -0.1) is 11.3 Å². The molecule has 3 rings (SSSR count). The first-order valence-corrected chi connectivity index (χ1v) is 9.92. The van der Waals surface area contributed by atoms with E-state index in [4.69, 9.17) is 5.26 Å². The fourth-order valence-corrected chi connectivity index (χ4v) is 3.36. The summed E-state index contributed by atoms with van der Waals surface area (Å²) in [5.74, 6) is -0.525. The van der Waals surface area contributed by atoms with Crippen LogP contribution in [0, 0.1) is 16.7 Å². The van der Waals surface area contributed by atoms with Gasteiger partial charge in [-0.05, 0) is 24.5 Å². The van der Waals surface area contributed by atoms with Crippen LogP contribution in [0.2, 0.25) is 0 Å². The number of nitrogens with zero attached hydrogens (tertiary/aromatic N) is 3. The highest BCUT2D eigenvalue weighted by atomic mass is 32.1. The number of hydrogen-bond donors (Lipinski definition) is 3. The van der Waals surface area contributed by atoms with E-state index in [0.717, 1.165) is 4.88 Å². The van der Waals surface area contributed by atoms with Crippen LogP contribution >= 0.6 is 11.3 Å². The first kappa shape index (κ1) is 20.5. The summed E-state index contributed by atoms with van der Waals surface area (Å²) in [6.07, 6.45) is 3.20. The standard InChI is InChI=1S/C20H22N6O2S/c1-11(20(2,3)4)25-18(27)12-9-23-17-16(12)26-13(10-24-17)14-5-6-15(29-14)19(28)22-8-7-21/h5-6,9-11H,8H2,1-4H3,(H,22,28)(H,23,24)(H,25,27). The third-order valence-electron chi connectivity index (χ3n) is 4.68. The van der Waals surface area contributed by atoms with Crippen LogP contribution in [-0.4, -0.2) is 39.4 Å². The van der Waals surface area contributed by atoms with Crippen molar-refractivity contribution < 1.29 is 9.59 Å². The highest BCUT2D eigenvalue weighted by Crippen LogP contribution is 2.28. The second-order valence-electron chi connectivity index (χ2n) is 7.72. The summed E-state index contributed by atoms with van der Waals surface area (Å²) in [6, 6.07) is 5.30. The van der Waals surface area contributed by atoms with Crippen molar-refractivity contribution in [3.63, 3.8) is 0 Å². The van der Waals surface area contributed by atoms with Crippen molar-refractivity contribution in [3.05, 3.63) is 35.0 Å². The van der Waals surface area contributed by atoms with Crippen molar-refractivity contribution >= 4 is 34.3 Å². The number of thiophene rings is 1. The molecule has 0 saturated carbocycles. The summed E-state index contributed by atoms with van der Waals surface area (Å²) in [5.41, 5.74) is 1.92. The molecule has 3 heterocycles. The molecule has 150 valence electrons. The Labute approximate surface area is 172 Å². The number of carbonyl (C=O) groups is 2. The molecule has 0 aliphatic carbocycles. The van der Waals surface area contributed by atoms with Gasteiger partial charge in [-0.1, -0.05) is 20.8 Å². The van der Waals surface area contributed by atoms with Gasteiger partial charge >= 0.3 is 0 Å². The predicted octanol–water partition coefficient (Wildman–Crippen LogP) is 3.10. The van der Waals surface area contributed by atoms with Gasteiger partial charge in [-0.3, -0.25) is 9.59 Å². The molecule has 3 aromatic rings. The fourth-order valence-electron chi connectivity index (χ4n) is 2.48. The quantitative estimate of drug-likeness (QED) is 0.558. The second kappa shape index (κ2) is 8.01. The lowest BCUT2D eigenvalue weighted by Gasteiger charge is -2.27. The van der Waals surface area contributed by atoms with E-state index in [1.165, 1.54) is 11.3 Å². The van der Waals surface area contributed by atoms with E-state index in [0.29, 0.717) is 27.3 Å². The third kappa shape index (κ3) is 4.43. The molecule has 8 nitrogen and oxygen atoms in total. The lowest BCUT2D eigenvalue weighted by Crippen LogP contribution is -2.41. The first-order valence-electron chi connectivity index (χ1n) is 9.11. The Morgan fingerprint density at radius 1 is 1.31 bits per heavy atom. The van der Waals surface area contributed by atoms with Gasteiger partial charge in [-0.25, -0.2) is 9.97 Å². The van der Waals surface area contributed by atoms with Gasteiger partial charge in [0, 0.05) is 12.2 Å². The number of aromatic amines is 1. The van der Waals surface area contributed by atoms with Gasteiger partial charge in [0.25, 0.3) is 11.8 Å². The fraction of sp³-hybridized carbons (Fsp3) is 0.350. The van der Waals surface area contributed by atoms with E-state index in [-0.39, 0.29) is 29.8 Å². The van der Waals surface area contributed by atoms with E-state index in [1.807, 2.05) is 13.0 Å². The molecule has 29 heavy (non-hydrogen) atoms. The summed E-state index contributed by atoms with van der Waals surface area (Å²) in [5, 5.41) is 14.1. The van der Waals surface area contributed by atoms with Crippen LogP contribution in [-0.2, 0) is 0 Å². The van der Waals surface area contributed by atoms with Gasteiger partial charge in [0.15, 0.2) is 5.65 Å². The molecule has 2 amide bonds. The van der Waals surface area contributed by atoms with E-state index in [1.54, 1.807) is 24.5 Å². The van der Waals surface area contributed by atoms with E-state index >= 15 is 0 Å². The van der Waals surface area contributed by atoms with E-state index in [2.05, 4.69) is 46.4 Å². The maximum absolute atomic E-state index is 12.7. The topological polar surface area (TPSA) is 124 Å². The van der Waals surface area contributed by atoms with Crippen molar-refractivity contribution in [2.75, 3.05) is 6.54 Å². The molecule has 0 bridgehead atoms. The Balaban J connectivity index is 1.88. The predicted molar refractivity (Wildman–Crippen MR) is 112 cm³/mol. The van der Waals surface area contributed by atoms with Gasteiger partial charge in [-0.2, -0.15) is 5.26 Å². The minimum Gasteiger partial charge on any atom is -0.349 e. The largest absolute Gasteiger partial charge is 0.349 e. The molecule has 0 radical (unpaired) electrons. The zero-order valence-corrected chi connectivity index (χ0v) is 17.5. The zero-order chi connectivity index (χ0) is 21.2. The Kier molecular flexibility index (Phi) is 5.66. The minimum absolute atomic E-state index is 0.0251. The van der Waals surface area contributed by atoms with Crippen molar-refractivity contribution in [1.29, 1.82) is 5.26 Å². The number of hydrogen-bond acceptors (Lipinski definition) is 6. The molecular weight excluding hydrogens is 388 g/mol. The smallest absolute Gasteiger partial charge is 0.262 e. The highest BCUT2D eigenvalue weighted by molar-refractivity contribution is 7.17. The summed E-state index contributed by atoms with van der Waals surface area (Å²) in [6.45, 7) is 8.10. The van der Waals surface area contributed by atoms with Crippen molar-refractivity contribution in [2.24, 2.45) is 5.41 Å². The van der Waals surface area contributed by atoms with Crippen LogP contribution in [0.1, 0.15) is 47.7 Å². The molecule has 0 fully saturated rings. The first-order chi connectivity index (χ1) is 13.7. The highest BCUT2D eigenvalue weighted by Gasteiger charge is 2.24. The molecule has 9 heteroatoms. The molecule has 0 aliphatic rings. The number of aromatic nitrogens is 3. The monoisotopic (exact) mass is 410 g/mol. The van der Waals surface area contributed by atoms with Crippen LogP contribution < -0.4 is 10.6 Å². The Hall–Kier alpha value is -3.25. The number of H-pyrrole nitrogens is 1. The molecular formula is C20H22N6O2S. The van der Waals surface area contributed by atoms with Crippen LogP contribution in [0.5, 0.6) is 0 Å². The van der Waals surface area contributed by atoms with Crippen LogP contribution in [0.4, 0.5) is 0 Å². The second-order valence-corrected chi connectivity index (χ2v) is 8.80. The molecule has 0 spiro atoms. The average Bonchev–Trinajstić information content (AvgIpc) is 3.31. The zero-order valence-electron chi connectivity index (χ0n) is 16.7. The molecule has 1 unspecified atom stereocenters. The molecule has 0 saturated heterocycles. The summed E-state index contributed by atoms with van der Waals surface area (Å²) < 4.78 is 0. The molecule has 3 aromatic heterocycles.